The highest BCUT2D eigenvalue weighted by Crippen LogP contribution is 2.23. The van der Waals surface area contributed by atoms with Crippen LogP contribution in [-0.2, 0) is 4.79 Å². The highest BCUT2D eigenvalue weighted by Gasteiger charge is 2.05. The molecule has 0 saturated carbocycles. The van der Waals surface area contributed by atoms with Gasteiger partial charge in [-0.15, -0.1) is 0 Å². The molecule has 82 valence electrons. The van der Waals surface area contributed by atoms with E-state index in [4.69, 9.17) is 0 Å². The minimum Gasteiger partial charge on any atom is -0.386 e. The average Bonchev–Trinajstić information content (AvgIpc) is 2.18. The number of rotatable bonds is 5. The second-order valence-corrected chi connectivity index (χ2v) is 3.75. The minimum absolute atomic E-state index is 0.163. The zero-order valence-corrected chi connectivity index (χ0v) is 9.50. The van der Waals surface area contributed by atoms with Crippen molar-refractivity contribution >= 4 is 17.7 Å². The summed E-state index contributed by atoms with van der Waals surface area (Å²) in [5, 5.41) is 6.43. The maximum Gasteiger partial charge on any atom is 0.122 e. The predicted octanol–water partition coefficient (Wildman–Crippen LogP) is 2.43. The molecule has 1 unspecified atom stereocenters. The van der Waals surface area contributed by atoms with E-state index in [1.54, 1.807) is 0 Å². The first-order valence-electron chi connectivity index (χ1n) is 5.16. The number of hydrogen-bond donors (Lipinski definition) is 2. The van der Waals surface area contributed by atoms with Crippen molar-refractivity contribution in [1.82, 2.24) is 0 Å². The lowest BCUT2D eigenvalue weighted by Crippen LogP contribution is -2.16. The van der Waals surface area contributed by atoms with Crippen molar-refractivity contribution in [3.63, 3.8) is 0 Å². The number of anilines is 2. The number of aldehydes is 1. The van der Waals surface area contributed by atoms with Crippen LogP contribution in [0.1, 0.15) is 18.9 Å². The van der Waals surface area contributed by atoms with Crippen molar-refractivity contribution in [3.05, 3.63) is 23.8 Å². The van der Waals surface area contributed by atoms with Crippen LogP contribution in [0.15, 0.2) is 18.2 Å². The summed E-state index contributed by atoms with van der Waals surface area (Å²) in [6.45, 7) is 4.05. The summed E-state index contributed by atoms with van der Waals surface area (Å²) in [5.41, 5.74) is 3.31. The van der Waals surface area contributed by atoms with Crippen molar-refractivity contribution < 1.29 is 4.79 Å². The molecule has 3 nitrogen and oxygen atoms in total. The molecule has 0 spiro atoms. The normalized spacial score (nSPS) is 11.9. The van der Waals surface area contributed by atoms with E-state index in [0.29, 0.717) is 6.42 Å². The molecule has 0 bridgehead atoms. The first-order chi connectivity index (χ1) is 7.17. The summed E-state index contributed by atoms with van der Waals surface area (Å²) in [6.07, 6.45) is 1.46. The lowest BCUT2D eigenvalue weighted by molar-refractivity contribution is -0.107. The Kier molecular flexibility index (Phi) is 4.16. The van der Waals surface area contributed by atoms with E-state index in [0.717, 1.165) is 17.7 Å². The topological polar surface area (TPSA) is 41.1 Å². The molecule has 1 aromatic carbocycles. The monoisotopic (exact) mass is 206 g/mol. The van der Waals surface area contributed by atoms with Gasteiger partial charge >= 0.3 is 0 Å². The second-order valence-electron chi connectivity index (χ2n) is 3.75. The number of hydrogen-bond acceptors (Lipinski definition) is 3. The zero-order valence-electron chi connectivity index (χ0n) is 9.50. The first-order valence-corrected chi connectivity index (χ1v) is 5.16. The molecular weight excluding hydrogens is 188 g/mol. The zero-order chi connectivity index (χ0) is 11.3. The van der Waals surface area contributed by atoms with Gasteiger partial charge < -0.3 is 15.4 Å². The van der Waals surface area contributed by atoms with E-state index in [9.17, 15) is 4.79 Å². The van der Waals surface area contributed by atoms with Crippen LogP contribution >= 0.6 is 0 Å². The van der Waals surface area contributed by atoms with E-state index in [2.05, 4.69) is 29.7 Å². The Hall–Kier alpha value is -1.51. The van der Waals surface area contributed by atoms with Gasteiger partial charge in [-0.05, 0) is 31.5 Å². The largest absolute Gasteiger partial charge is 0.386 e. The quantitative estimate of drug-likeness (QED) is 0.727. The molecule has 1 rings (SSSR count). The van der Waals surface area contributed by atoms with Crippen molar-refractivity contribution in [1.29, 1.82) is 0 Å². The number of aryl methyl sites for hydroxylation is 1. The van der Waals surface area contributed by atoms with Crippen LogP contribution in [0.25, 0.3) is 0 Å². The molecule has 0 aliphatic rings. The molecule has 0 saturated heterocycles. The van der Waals surface area contributed by atoms with Crippen LogP contribution in [0.4, 0.5) is 11.4 Å². The summed E-state index contributed by atoms with van der Waals surface area (Å²) < 4.78 is 0. The maximum absolute atomic E-state index is 10.4. The Morgan fingerprint density at radius 1 is 1.40 bits per heavy atom. The summed E-state index contributed by atoms with van der Waals surface area (Å²) in [7, 11) is 1.89. The van der Waals surface area contributed by atoms with Gasteiger partial charge in [-0.2, -0.15) is 0 Å². The van der Waals surface area contributed by atoms with Crippen molar-refractivity contribution in [3.8, 4) is 0 Å². The highest BCUT2D eigenvalue weighted by molar-refractivity contribution is 5.70. The third kappa shape index (κ3) is 3.27. The van der Waals surface area contributed by atoms with Gasteiger partial charge in [0.25, 0.3) is 0 Å². The Bertz CT molecular complexity index is 336. The molecule has 0 aliphatic heterocycles. The third-order valence-corrected chi connectivity index (χ3v) is 2.30. The average molecular weight is 206 g/mol. The Morgan fingerprint density at radius 3 is 2.73 bits per heavy atom. The summed E-state index contributed by atoms with van der Waals surface area (Å²) >= 11 is 0. The minimum atomic E-state index is 0.163. The molecule has 2 N–H and O–H groups in total. The van der Waals surface area contributed by atoms with Gasteiger partial charge in [-0.1, -0.05) is 6.07 Å². The van der Waals surface area contributed by atoms with E-state index in [1.807, 2.05) is 20.0 Å². The summed E-state index contributed by atoms with van der Waals surface area (Å²) in [6, 6.07) is 6.33. The molecule has 1 atom stereocenters. The van der Waals surface area contributed by atoms with Crippen molar-refractivity contribution in [2.45, 2.75) is 26.3 Å². The van der Waals surface area contributed by atoms with Crippen LogP contribution in [-0.4, -0.2) is 19.4 Å². The fourth-order valence-electron chi connectivity index (χ4n) is 1.46. The van der Waals surface area contributed by atoms with Crippen LogP contribution < -0.4 is 10.6 Å². The lowest BCUT2D eigenvalue weighted by Gasteiger charge is -2.16. The van der Waals surface area contributed by atoms with Crippen LogP contribution in [0, 0.1) is 6.92 Å². The summed E-state index contributed by atoms with van der Waals surface area (Å²) in [4.78, 5) is 10.4. The standard InChI is InChI=1S/C12H18N2O/c1-9-4-5-11(13-3)12(8-9)14-10(2)6-7-15/h4-5,7-8,10,13-14H,6H2,1-3H3. The molecular formula is C12H18N2O. The van der Waals surface area contributed by atoms with Crippen LogP contribution in [0.2, 0.25) is 0 Å². The van der Waals surface area contributed by atoms with Gasteiger partial charge in [0.05, 0.1) is 11.4 Å². The van der Waals surface area contributed by atoms with Crippen LogP contribution in [0.5, 0.6) is 0 Å². The number of benzene rings is 1. The molecule has 0 fully saturated rings. The molecule has 0 amide bonds. The van der Waals surface area contributed by atoms with Gasteiger partial charge in [0, 0.05) is 19.5 Å². The lowest BCUT2D eigenvalue weighted by atomic mass is 10.1. The fraction of sp³-hybridized carbons (Fsp3) is 0.417. The van der Waals surface area contributed by atoms with Crippen molar-refractivity contribution in [2.24, 2.45) is 0 Å². The number of carbonyl (C=O) groups excluding carboxylic acids is 1. The van der Waals surface area contributed by atoms with E-state index in [-0.39, 0.29) is 6.04 Å². The summed E-state index contributed by atoms with van der Waals surface area (Å²) in [5.74, 6) is 0. The molecule has 15 heavy (non-hydrogen) atoms. The Labute approximate surface area is 90.9 Å². The molecule has 0 aliphatic carbocycles. The molecule has 0 heterocycles. The van der Waals surface area contributed by atoms with Gasteiger partial charge in [0.1, 0.15) is 6.29 Å². The van der Waals surface area contributed by atoms with E-state index < -0.39 is 0 Å². The second kappa shape index (κ2) is 5.39. The smallest absolute Gasteiger partial charge is 0.122 e. The van der Waals surface area contributed by atoms with E-state index >= 15 is 0 Å². The maximum atomic E-state index is 10.4. The van der Waals surface area contributed by atoms with Gasteiger partial charge in [0.15, 0.2) is 0 Å². The van der Waals surface area contributed by atoms with Crippen molar-refractivity contribution in [2.75, 3.05) is 17.7 Å². The molecule has 0 radical (unpaired) electrons. The number of nitrogens with one attached hydrogen (secondary N) is 2. The van der Waals surface area contributed by atoms with E-state index in [1.165, 1.54) is 5.56 Å². The highest BCUT2D eigenvalue weighted by atomic mass is 16.1. The van der Waals surface area contributed by atoms with Crippen LogP contribution in [0.3, 0.4) is 0 Å². The number of carbonyl (C=O) groups is 1. The fourth-order valence-corrected chi connectivity index (χ4v) is 1.46. The SMILES string of the molecule is CNc1ccc(C)cc1NC(C)CC=O. The Balaban J connectivity index is 2.81. The molecule has 1 aromatic rings. The predicted molar refractivity (Wildman–Crippen MR) is 64.5 cm³/mol. The third-order valence-electron chi connectivity index (χ3n) is 2.30. The van der Waals surface area contributed by atoms with Gasteiger partial charge in [-0.25, -0.2) is 0 Å². The van der Waals surface area contributed by atoms with Gasteiger partial charge in [0.2, 0.25) is 0 Å². The molecule has 3 heteroatoms. The Morgan fingerprint density at radius 2 is 2.13 bits per heavy atom. The molecule has 0 aromatic heterocycles. The van der Waals surface area contributed by atoms with Gasteiger partial charge in [-0.3, -0.25) is 0 Å². The first kappa shape index (κ1) is 11.6.